The Labute approximate surface area is 134 Å². The molecule has 3 rings (SSSR count). The Morgan fingerprint density at radius 3 is 2.08 bits per heavy atom. The number of carbonyl (C=O) groups excluding carboxylic acids is 1. The number of ether oxygens (including phenoxy) is 2. The molecule has 25 heavy (non-hydrogen) atoms. The Bertz CT molecular complexity index is 707. The highest BCUT2D eigenvalue weighted by Gasteiger charge is 2.71. The molecular formula is C13H10F6O6. The van der Waals surface area contributed by atoms with Gasteiger partial charge in [0.05, 0.1) is 22.5 Å². The van der Waals surface area contributed by atoms with Gasteiger partial charge in [-0.15, -0.1) is 0 Å². The monoisotopic (exact) mass is 376 g/mol. The summed E-state index contributed by atoms with van der Waals surface area (Å²) in [5.74, 6) is -4.73. The Hall–Kier alpha value is -1.63. The van der Waals surface area contributed by atoms with Crippen molar-refractivity contribution in [3.63, 3.8) is 0 Å². The van der Waals surface area contributed by atoms with Crippen LogP contribution in [0, 0.1) is 11.3 Å². The van der Waals surface area contributed by atoms with Crippen LogP contribution in [0.5, 0.6) is 0 Å². The summed E-state index contributed by atoms with van der Waals surface area (Å²) in [6.45, 7) is 0.572. The summed E-state index contributed by atoms with van der Waals surface area (Å²) in [7, 11) is 0. The van der Waals surface area contributed by atoms with Gasteiger partial charge in [-0.3, -0.25) is 0 Å². The Kier molecular flexibility index (Phi) is 3.61. The van der Waals surface area contributed by atoms with Gasteiger partial charge in [-0.25, -0.2) is 4.79 Å². The topological polar surface area (TPSA) is 96.2 Å². The number of hydrogen-bond donors (Lipinski definition) is 3. The normalized spacial score (nSPS) is 38.9. The van der Waals surface area contributed by atoms with Gasteiger partial charge in [-0.05, 0) is 6.92 Å². The zero-order valence-electron chi connectivity index (χ0n) is 12.1. The van der Waals surface area contributed by atoms with Crippen LogP contribution in [0.3, 0.4) is 0 Å². The van der Waals surface area contributed by atoms with Gasteiger partial charge in [0.15, 0.2) is 12.6 Å². The molecule has 0 radical (unpaired) electrons. The van der Waals surface area contributed by atoms with Crippen molar-refractivity contribution < 1.29 is 55.9 Å². The van der Waals surface area contributed by atoms with E-state index < -0.39 is 70.8 Å². The number of halogens is 6. The summed E-state index contributed by atoms with van der Waals surface area (Å²) in [6.07, 6.45) is -18.3. The van der Waals surface area contributed by atoms with Gasteiger partial charge < -0.3 is 24.8 Å². The maximum absolute atomic E-state index is 13.6. The fourth-order valence-corrected chi connectivity index (χ4v) is 3.66. The molecule has 0 saturated carbocycles. The Morgan fingerprint density at radius 1 is 1.04 bits per heavy atom. The minimum atomic E-state index is -5.38. The van der Waals surface area contributed by atoms with Crippen molar-refractivity contribution in [1.82, 2.24) is 0 Å². The number of cyclic esters (lactones) is 1. The second-order valence-corrected chi connectivity index (χ2v) is 5.97. The maximum atomic E-state index is 13.6. The van der Waals surface area contributed by atoms with E-state index in [1.807, 2.05) is 0 Å². The number of rotatable bonds is 0. The molecule has 0 aromatic rings. The van der Waals surface area contributed by atoms with Crippen molar-refractivity contribution >= 4 is 5.97 Å². The lowest BCUT2D eigenvalue weighted by atomic mass is 9.62. The smallest absolute Gasteiger partial charge is 0.417 e. The summed E-state index contributed by atoms with van der Waals surface area (Å²) in [6, 6.07) is 0. The quantitative estimate of drug-likeness (QED) is 0.429. The van der Waals surface area contributed by atoms with Crippen molar-refractivity contribution in [2.24, 2.45) is 11.3 Å². The van der Waals surface area contributed by atoms with Crippen LogP contribution in [0.4, 0.5) is 26.3 Å². The average molecular weight is 376 g/mol. The third-order valence-corrected chi connectivity index (χ3v) is 4.60. The van der Waals surface area contributed by atoms with Crippen molar-refractivity contribution in [2.75, 3.05) is 0 Å². The minimum Gasteiger partial charge on any atom is -0.432 e. The first-order valence-corrected chi connectivity index (χ1v) is 6.76. The number of aliphatic hydroxyl groups is 3. The molecule has 0 bridgehead atoms. The van der Waals surface area contributed by atoms with Crippen LogP contribution in [0.25, 0.3) is 0 Å². The molecule has 0 aromatic heterocycles. The second-order valence-electron chi connectivity index (χ2n) is 5.97. The largest absolute Gasteiger partial charge is 0.432 e. The van der Waals surface area contributed by atoms with Crippen LogP contribution >= 0.6 is 0 Å². The molecular weight excluding hydrogens is 366 g/mol. The second kappa shape index (κ2) is 4.96. The van der Waals surface area contributed by atoms with Gasteiger partial charge in [0.1, 0.15) is 0 Å². The Balaban J connectivity index is 2.44. The lowest BCUT2D eigenvalue weighted by Crippen LogP contribution is -2.50. The van der Waals surface area contributed by atoms with Crippen LogP contribution in [0.15, 0.2) is 22.3 Å². The highest BCUT2D eigenvalue weighted by atomic mass is 19.4. The number of carbonyl (C=O) groups is 1. The van der Waals surface area contributed by atoms with E-state index in [-0.39, 0.29) is 0 Å². The van der Waals surface area contributed by atoms with Crippen molar-refractivity contribution in [2.45, 2.75) is 38.1 Å². The predicted molar refractivity (Wildman–Crippen MR) is 63.0 cm³/mol. The predicted octanol–water partition coefficient (Wildman–Crippen LogP) is 0.882. The van der Waals surface area contributed by atoms with Crippen LogP contribution in [0.2, 0.25) is 0 Å². The molecule has 3 N–H and O–H groups in total. The van der Waals surface area contributed by atoms with Crippen LogP contribution in [0.1, 0.15) is 6.92 Å². The molecule has 140 valence electrons. The molecule has 12 heteroatoms. The van der Waals surface area contributed by atoms with E-state index in [4.69, 9.17) is 0 Å². The van der Waals surface area contributed by atoms with E-state index in [9.17, 15) is 46.5 Å². The van der Waals surface area contributed by atoms with Crippen molar-refractivity contribution in [3.05, 3.63) is 22.3 Å². The fourth-order valence-electron chi connectivity index (χ4n) is 3.66. The van der Waals surface area contributed by atoms with E-state index in [2.05, 4.69) is 9.47 Å². The molecule has 2 aliphatic heterocycles. The molecule has 2 heterocycles. The molecule has 1 fully saturated rings. The first-order chi connectivity index (χ1) is 11.2. The first kappa shape index (κ1) is 18.2. The summed E-state index contributed by atoms with van der Waals surface area (Å²) < 4.78 is 89.9. The van der Waals surface area contributed by atoms with Crippen LogP contribution in [-0.2, 0) is 14.3 Å². The molecule has 0 spiro atoms. The summed E-state index contributed by atoms with van der Waals surface area (Å²) in [5.41, 5.74) is -8.95. The highest BCUT2D eigenvalue weighted by molar-refractivity contribution is 5.96. The summed E-state index contributed by atoms with van der Waals surface area (Å²) in [5, 5.41) is 29.1. The standard InChI is InChI=1S/C13H10F6O6/c1-11-5(9(22)25-10(11)23)4(12(14,15)16)2-3(6(11)13(17,18)19)8(21)24-7(2)20/h6-8,10,20-21,23H,1H3. The van der Waals surface area contributed by atoms with Gasteiger partial charge in [0, 0.05) is 11.1 Å². The van der Waals surface area contributed by atoms with E-state index in [0.29, 0.717) is 6.92 Å². The SMILES string of the molecule is CC12C(=C(C(F)(F)F)C3=C(C(O)OC3O)C1C(F)(F)F)C(=O)OC2O. The highest BCUT2D eigenvalue weighted by Crippen LogP contribution is 2.63. The minimum absolute atomic E-state index is 0.572. The summed E-state index contributed by atoms with van der Waals surface area (Å²) >= 11 is 0. The number of fused-ring (bicyclic) bond motifs is 1. The molecule has 1 aliphatic carbocycles. The van der Waals surface area contributed by atoms with Crippen molar-refractivity contribution in [1.29, 1.82) is 0 Å². The number of esters is 1. The first-order valence-electron chi connectivity index (χ1n) is 6.76. The maximum Gasteiger partial charge on any atom is 0.417 e. The Morgan fingerprint density at radius 2 is 1.60 bits per heavy atom. The van der Waals surface area contributed by atoms with E-state index in [1.54, 1.807) is 0 Å². The lowest BCUT2D eigenvalue weighted by Gasteiger charge is -2.41. The molecule has 0 aromatic carbocycles. The third kappa shape index (κ3) is 2.24. The summed E-state index contributed by atoms with van der Waals surface area (Å²) in [4.78, 5) is 11.8. The third-order valence-electron chi connectivity index (χ3n) is 4.60. The van der Waals surface area contributed by atoms with Gasteiger partial charge in [-0.1, -0.05) is 0 Å². The molecule has 5 atom stereocenters. The molecule has 5 unspecified atom stereocenters. The van der Waals surface area contributed by atoms with Crippen LogP contribution < -0.4 is 0 Å². The fraction of sp³-hybridized carbons (Fsp3) is 0.615. The van der Waals surface area contributed by atoms with Crippen molar-refractivity contribution in [3.8, 4) is 0 Å². The number of hydrogen-bond acceptors (Lipinski definition) is 6. The van der Waals surface area contributed by atoms with Gasteiger partial charge in [0.25, 0.3) is 0 Å². The van der Waals surface area contributed by atoms with Gasteiger partial charge in [0.2, 0.25) is 6.29 Å². The van der Waals surface area contributed by atoms with E-state index >= 15 is 0 Å². The molecule has 1 saturated heterocycles. The molecule has 3 aliphatic rings. The lowest BCUT2D eigenvalue weighted by molar-refractivity contribution is -0.229. The van der Waals surface area contributed by atoms with E-state index in [1.165, 1.54) is 0 Å². The zero-order valence-corrected chi connectivity index (χ0v) is 12.1. The van der Waals surface area contributed by atoms with Crippen LogP contribution in [-0.4, -0.2) is 52.5 Å². The zero-order chi connectivity index (χ0) is 19.1. The molecule has 6 nitrogen and oxygen atoms in total. The average Bonchev–Trinajstić information content (AvgIpc) is 2.80. The number of aliphatic hydroxyl groups excluding tert-OH is 3. The molecule has 0 amide bonds. The van der Waals surface area contributed by atoms with Gasteiger partial charge >= 0.3 is 18.3 Å². The number of alkyl halides is 6. The van der Waals surface area contributed by atoms with Gasteiger partial charge in [-0.2, -0.15) is 26.3 Å². The van der Waals surface area contributed by atoms with E-state index in [0.717, 1.165) is 0 Å².